The molecule has 0 aromatic rings. The number of hydrogen-bond donors (Lipinski definition) is 0. The Bertz CT molecular complexity index is 342. The molecule has 5 atom stereocenters. The van der Waals surface area contributed by atoms with E-state index in [0.717, 1.165) is 17.8 Å². The van der Waals surface area contributed by atoms with Crippen molar-refractivity contribution >= 4 is 0 Å². The Morgan fingerprint density at radius 1 is 0.750 bits per heavy atom. The third-order valence-electron chi connectivity index (χ3n) is 7.69. The van der Waals surface area contributed by atoms with Gasteiger partial charge >= 0.3 is 0 Å². The number of fused-ring (bicyclic) bond motifs is 3. The van der Waals surface area contributed by atoms with Crippen LogP contribution in [0.5, 0.6) is 0 Å². The van der Waals surface area contributed by atoms with Crippen LogP contribution in [0.25, 0.3) is 0 Å². The zero-order valence-corrected chi connectivity index (χ0v) is 15.2. The molecule has 2 aliphatic rings. The molecule has 0 aromatic heterocycles. The zero-order chi connectivity index (χ0) is 15.2. The largest absolute Gasteiger partial charge is 0.0625 e. The molecule has 0 heterocycles. The first-order valence-electron chi connectivity index (χ1n) is 9.08. The van der Waals surface area contributed by atoms with Gasteiger partial charge in [0.25, 0.3) is 0 Å². The number of hydrogen-bond acceptors (Lipinski definition) is 0. The summed E-state index contributed by atoms with van der Waals surface area (Å²) in [6, 6.07) is 0. The highest BCUT2D eigenvalue weighted by molar-refractivity contribution is 4.98. The van der Waals surface area contributed by atoms with Crippen molar-refractivity contribution in [2.24, 2.45) is 34.0 Å². The van der Waals surface area contributed by atoms with Crippen molar-refractivity contribution in [3.05, 3.63) is 0 Å². The van der Waals surface area contributed by atoms with Crippen LogP contribution in [0.3, 0.4) is 0 Å². The summed E-state index contributed by atoms with van der Waals surface area (Å²) in [7, 11) is 0. The van der Waals surface area contributed by atoms with Gasteiger partial charge in [-0.25, -0.2) is 0 Å². The SMILES string of the molecule is CC1CC(C)CC2(C)CCC(C)(CCC(C)C2(C)C)C1. The van der Waals surface area contributed by atoms with Crippen molar-refractivity contribution in [1.29, 1.82) is 0 Å². The Hall–Kier alpha value is 0. The van der Waals surface area contributed by atoms with Crippen molar-refractivity contribution in [1.82, 2.24) is 0 Å². The molecule has 5 unspecified atom stereocenters. The van der Waals surface area contributed by atoms with E-state index in [2.05, 4.69) is 48.5 Å². The fourth-order valence-corrected chi connectivity index (χ4v) is 5.58. The quantitative estimate of drug-likeness (QED) is 0.463. The van der Waals surface area contributed by atoms with Crippen molar-refractivity contribution in [2.75, 3.05) is 0 Å². The lowest BCUT2D eigenvalue weighted by atomic mass is 9.52. The summed E-state index contributed by atoms with van der Waals surface area (Å²) < 4.78 is 0. The van der Waals surface area contributed by atoms with E-state index in [-0.39, 0.29) is 0 Å². The van der Waals surface area contributed by atoms with E-state index in [1.54, 1.807) is 0 Å². The van der Waals surface area contributed by atoms with Crippen LogP contribution < -0.4 is 0 Å². The molecule has 0 spiro atoms. The van der Waals surface area contributed by atoms with Gasteiger partial charge in [-0.15, -0.1) is 0 Å². The van der Waals surface area contributed by atoms with E-state index in [1.165, 1.54) is 44.9 Å². The fraction of sp³-hybridized carbons (Fsp3) is 1.00. The summed E-state index contributed by atoms with van der Waals surface area (Å²) in [5, 5.41) is 0. The lowest BCUT2D eigenvalue weighted by Crippen LogP contribution is -2.43. The first-order chi connectivity index (χ1) is 9.08. The Balaban J connectivity index is 2.40. The van der Waals surface area contributed by atoms with Crippen molar-refractivity contribution < 1.29 is 0 Å². The highest BCUT2D eigenvalue weighted by atomic mass is 14.5. The van der Waals surface area contributed by atoms with E-state index in [0.29, 0.717) is 16.2 Å². The molecule has 2 saturated carbocycles. The monoisotopic (exact) mass is 278 g/mol. The predicted octanol–water partition coefficient (Wildman–Crippen LogP) is 6.69. The Labute approximate surface area is 128 Å². The maximum Gasteiger partial charge on any atom is -0.0269 e. The topological polar surface area (TPSA) is 0 Å². The maximum absolute atomic E-state index is 2.61. The van der Waals surface area contributed by atoms with Crippen LogP contribution in [-0.4, -0.2) is 0 Å². The van der Waals surface area contributed by atoms with Gasteiger partial charge in [-0.3, -0.25) is 0 Å². The van der Waals surface area contributed by atoms with Gasteiger partial charge in [0.05, 0.1) is 0 Å². The van der Waals surface area contributed by atoms with E-state index >= 15 is 0 Å². The standard InChI is InChI=1S/C20H38/c1-15-12-16(2)14-20(7)11-10-19(6,13-15)9-8-17(3)18(20,4)5/h15-17H,8-14H2,1-7H3. The predicted molar refractivity (Wildman–Crippen MR) is 89.8 cm³/mol. The smallest absolute Gasteiger partial charge is 0.0269 e. The first kappa shape index (κ1) is 16.4. The normalized spacial score (nSPS) is 49.6. The van der Waals surface area contributed by atoms with Crippen LogP contribution >= 0.6 is 0 Å². The third kappa shape index (κ3) is 2.95. The minimum Gasteiger partial charge on any atom is -0.0625 e. The van der Waals surface area contributed by atoms with Gasteiger partial charge in [-0.1, -0.05) is 48.5 Å². The molecule has 20 heavy (non-hydrogen) atoms. The van der Waals surface area contributed by atoms with Gasteiger partial charge in [0.15, 0.2) is 0 Å². The van der Waals surface area contributed by atoms with Crippen LogP contribution in [0.4, 0.5) is 0 Å². The molecular weight excluding hydrogens is 240 g/mol. The molecule has 2 aliphatic carbocycles. The van der Waals surface area contributed by atoms with Gasteiger partial charge in [-0.05, 0) is 78.9 Å². The average Bonchev–Trinajstić information content (AvgIpc) is 2.35. The second-order valence-electron chi connectivity index (χ2n) is 9.89. The average molecular weight is 279 g/mol. The lowest BCUT2D eigenvalue weighted by Gasteiger charge is -2.53. The Kier molecular flexibility index (Phi) is 4.36. The molecule has 0 aromatic carbocycles. The molecule has 0 amide bonds. The Morgan fingerprint density at radius 2 is 1.35 bits per heavy atom. The minimum atomic E-state index is 0.482. The number of rotatable bonds is 0. The molecule has 2 bridgehead atoms. The van der Waals surface area contributed by atoms with Crippen LogP contribution in [0, 0.1) is 34.0 Å². The van der Waals surface area contributed by atoms with Crippen LogP contribution in [0.2, 0.25) is 0 Å². The molecule has 2 rings (SSSR count). The van der Waals surface area contributed by atoms with Gasteiger partial charge < -0.3 is 0 Å². The zero-order valence-electron chi connectivity index (χ0n) is 15.2. The first-order valence-corrected chi connectivity index (χ1v) is 9.08. The summed E-state index contributed by atoms with van der Waals surface area (Å²) in [5.74, 6) is 2.66. The summed E-state index contributed by atoms with van der Waals surface area (Å²) in [6.07, 6.45) is 10.1. The van der Waals surface area contributed by atoms with Gasteiger partial charge in [0, 0.05) is 0 Å². The summed E-state index contributed by atoms with van der Waals surface area (Å²) in [4.78, 5) is 0. The van der Waals surface area contributed by atoms with E-state index < -0.39 is 0 Å². The molecule has 0 nitrogen and oxygen atoms in total. The highest BCUT2D eigenvalue weighted by Gasteiger charge is 2.48. The maximum atomic E-state index is 2.61. The van der Waals surface area contributed by atoms with Crippen LogP contribution in [-0.2, 0) is 0 Å². The van der Waals surface area contributed by atoms with Crippen molar-refractivity contribution in [3.63, 3.8) is 0 Å². The molecule has 0 heteroatoms. The summed E-state index contributed by atoms with van der Waals surface area (Å²) in [5.41, 5.74) is 1.61. The van der Waals surface area contributed by atoms with Gasteiger partial charge in [0.1, 0.15) is 0 Å². The highest BCUT2D eigenvalue weighted by Crippen LogP contribution is 2.58. The molecule has 118 valence electrons. The van der Waals surface area contributed by atoms with Gasteiger partial charge in [-0.2, -0.15) is 0 Å². The van der Waals surface area contributed by atoms with Crippen molar-refractivity contribution in [2.45, 2.75) is 93.4 Å². The summed E-state index contributed by atoms with van der Waals surface area (Å²) >= 11 is 0. The van der Waals surface area contributed by atoms with E-state index in [4.69, 9.17) is 0 Å². The fourth-order valence-electron chi connectivity index (χ4n) is 5.58. The second kappa shape index (κ2) is 5.33. The summed E-state index contributed by atoms with van der Waals surface area (Å²) in [6.45, 7) is 17.9. The van der Waals surface area contributed by atoms with Crippen molar-refractivity contribution in [3.8, 4) is 0 Å². The van der Waals surface area contributed by atoms with E-state index in [9.17, 15) is 0 Å². The van der Waals surface area contributed by atoms with Gasteiger partial charge in [0.2, 0.25) is 0 Å². The Morgan fingerprint density at radius 3 is 2.00 bits per heavy atom. The third-order valence-corrected chi connectivity index (χ3v) is 7.69. The van der Waals surface area contributed by atoms with E-state index in [1.807, 2.05) is 0 Å². The van der Waals surface area contributed by atoms with Crippen LogP contribution in [0.15, 0.2) is 0 Å². The molecule has 2 fully saturated rings. The molecule has 0 radical (unpaired) electrons. The second-order valence-corrected chi connectivity index (χ2v) is 9.89. The molecule has 0 aliphatic heterocycles. The molecular formula is C20H38. The lowest BCUT2D eigenvalue weighted by molar-refractivity contribution is -0.0274. The molecule has 0 saturated heterocycles. The van der Waals surface area contributed by atoms with Crippen LogP contribution in [0.1, 0.15) is 93.4 Å². The molecule has 0 N–H and O–H groups in total. The minimum absolute atomic E-state index is 0.482.